The molecule has 2 rings (SSSR count). The van der Waals surface area contributed by atoms with Crippen molar-refractivity contribution in [3.63, 3.8) is 0 Å². The summed E-state index contributed by atoms with van der Waals surface area (Å²) in [6, 6.07) is 6.27. The molecule has 1 aromatic rings. The van der Waals surface area contributed by atoms with Crippen LogP contribution in [0.4, 0.5) is 0 Å². The molecule has 0 aromatic heterocycles. The fraction of sp³-hybridized carbons (Fsp3) is 0.562. The fourth-order valence-corrected chi connectivity index (χ4v) is 2.77. The summed E-state index contributed by atoms with van der Waals surface area (Å²) in [5.41, 5.74) is 9.15. The molecule has 1 heterocycles. The number of nitrogens with two attached hydrogens (primary N) is 1. The maximum atomic E-state index is 12.2. The highest BCUT2D eigenvalue weighted by molar-refractivity contribution is 5.85. The van der Waals surface area contributed by atoms with E-state index in [1.165, 1.54) is 11.1 Å². The summed E-state index contributed by atoms with van der Waals surface area (Å²) in [5.74, 6) is -0.0339. The van der Waals surface area contributed by atoms with Crippen LogP contribution < -0.4 is 11.1 Å². The third-order valence-corrected chi connectivity index (χ3v) is 3.91. The standard InChI is InChI=1S/C16H24N2O2.ClH/c1-10-4-6-14(11(2)8-10)12(3)18-16(19)15-7-5-13(9-17)20-15;/h4,6,8,12-13,15H,5,7,9,17H2,1-3H3,(H,18,19);1H/t12?,13-,15+;/m1./s1. The van der Waals surface area contributed by atoms with Crippen molar-refractivity contribution >= 4 is 18.3 Å². The summed E-state index contributed by atoms with van der Waals surface area (Å²) >= 11 is 0. The number of aryl methyl sites for hydroxylation is 2. The molecule has 21 heavy (non-hydrogen) atoms. The van der Waals surface area contributed by atoms with Gasteiger partial charge in [-0.15, -0.1) is 12.4 Å². The highest BCUT2D eigenvalue weighted by Crippen LogP contribution is 2.22. The Hall–Kier alpha value is -1.10. The quantitative estimate of drug-likeness (QED) is 0.897. The van der Waals surface area contributed by atoms with Crippen LogP contribution in [0.2, 0.25) is 0 Å². The first-order valence-corrected chi connectivity index (χ1v) is 7.24. The lowest BCUT2D eigenvalue weighted by Crippen LogP contribution is -2.37. The molecule has 1 fully saturated rings. The average molecular weight is 313 g/mol. The highest BCUT2D eigenvalue weighted by Gasteiger charge is 2.30. The Morgan fingerprint density at radius 3 is 2.71 bits per heavy atom. The van der Waals surface area contributed by atoms with Gasteiger partial charge in [0.2, 0.25) is 5.91 Å². The van der Waals surface area contributed by atoms with E-state index in [4.69, 9.17) is 10.5 Å². The molecule has 5 heteroatoms. The van der Waals surface area contributed by atoms with E-state index in [9.17, 15) is 4.79 Å². The zero-order valence-corrected chi connectivity index (χ0v) is 13.7. The number of carbonyl (C=O) groups is 1. The Kier molecular flexibility index (Phi) is 6.65. The van der Waals surface area contributed by atoms with E-state index in [1.807, 2.05) is 6.92 Å². The number of halogens is 1. The second-order valence-corrected chi connectivity index (χ2v) is 5.65. The van der Waals surface area contributed by atoms with Gasteiger partial charge >= 0.3 is 0 Å². The van der Waals surface area contributed by atoms with Crippen molar-refractivity contribution < 1.29 is 9.53 Å². The van der Waals surface area contributed by atoms with E-state index in [0.29, 0.717) is 6.54 Å². The van der Waals surface area contributed by atoms with Gasteiger partial charge in [0.15, 0.2) is 0 Å². The maximum Gasteiger partial charge on any atom is 0.249 e. The Labute approximate surface area is 132 Å². The summed E-state index contributed by atoms with van der Waals surface area (Å²) in [5, 5.41) is 3.04. The molecular formula is C16H25ClN2O2. The van der Waals surface area contributed by atoms with Crippen molar-refractivity contribution in [2.24, 2.45) is 5.73 Å². The van der Waals surface area contributed by atoms with Gasteiger partial charge in [-0.05, 0) is 44.7 Å². The molecule has 0 saturated carbocycles. The van der Waals surface area contributed by atoms with E-state index < -0.39 is 0 Å². The van der Waals surface area contributed by atoms with E-state index in [0.717, 1.165) is 18.4 Å². The lowest BCUT2D eigenvalue weighted by molar-refractivity contribution is -0.132. The Balaban J connectivity index is 0.00000220. The van der Waals surface area contributed by atoms with Gasteiger partial charge in [0.1, 0.15) is 6.10 Å². The molecule has 1 aromatic carbocycles. The van der Waals surface area contributed by atoms with Crippen molar-refractivity contribution in [1.82, 2.24) is 5.32 Å². The lowest BCUT2D eigenvalue weighted by Gasteiger charge is -2.19. The zero-order chi connectivity index (χ0) is 14.7. The van der Waals surface area contributed by atoms with Gasteiger partial charge in [0.05, 0.1) is 12.1 Å². The van der Waals surface area contributed by atoms with Gasteiger partial charge in [-0.3, -0.25) is 4.79 Å². The first kappa shape index (κ1) is 18.0. The number of rotatable bonds is 4. The molecule has 3 N–H and O–H groups in total. The van der Waals surface area contributed by atoms with Crippen LogP contribution in [0.15, 0.2) is 18.2 Å². The van der Waals surface area contributed by atoms with Gasteiger partial charge in [-0.1, -0.05) is 23.8 Å². The van der Waals surface area contributed by atoms with Crippen LogP contribution in [0.25, 0.3) is 0 Å². The molecule has 1 saturated heterocycles. The summed E-state index contributed by atoms with van der Waals surface area (Å²) in [6.45, 7) is 6.63. The number of amides is 1. The Morgan fingerprint density at radius 1 is 1.43 bits per heavy atom. The smallest absolute Gasteiger partial charge is 0.249 e. The molecule has 0 spiro atoms. The second kappa shape index (κ2) is 7.78. The van der Waals surface area contributed by atoms with Gasteiger partial charge in [0.25, 0.3) is 0 Å². The minimum absolute atomic E-state index is 0. The molecule has 1 aliphatic rings. The number of benzene rings is 1. The van der Waals surface area contributed by atoms with Crippen LogP contribution in [0, 0.1) is 13.8 Å². The Bertz CT molecular complexity index is 493. The molecule has 1 amide bonds. The molecule has 4 nitrogen and oxygen atoms in total. The molecule has 118 valence electrons. The summed E-state index contributed by atoms with van der Waals surface area (Å²) < 4.78 is 5.62. The maximum absolute atomic E-state index is 12.2. The first-order valence-electron chi connectivity index (χ1n) is 7.24. The minimum atomic E-state index is -0.350. The van der Waals surface area contributed by atoms with Gasteiger partial charge in [-0.2, -0.15) is 0 Å². The zero-order valence-electron chi connectivity index (χ0n) is 12.9. The van der Waals surface area contributed by atoms with Crippen LogP contribution in [0.1, 0.15) is 42.5 Å². The minimum Gasteiger partial charge on any atom is -0.364 e. The van der Waals surface area contributed by atoms with E-state index in [-0.39, 0.29) is 36.6 Å². The van der Waals surface area contributed by atoms with Crippen molar-refractivity contribution in [3.05, 3.63) is 34.9 Å². The van der Waals surface area contributed by atoms with Crippen molar-refractivity contribution in [1.29, 1.82) is 0 Å². The van der Waals surface area contributed by atoms with Crippen molar-refractivity contribution in [2.75, 3.05) is 6.54 Å². The largest absolute Gasteiger partial charge is 0.364 e. The van der Waals surface area contributed by atoms with Crippen LogP contribution in [0.3, 0.4) is 0 Å². The van der Waals surface area contributed by atoms with Crippen LogP contribution >= 0.6 is 12.4 Å². The van der Waals surface area contributed by atoms with Crippen LogP contribution in [0.5, 0.6) is 0 Å². The van der Waals surface area contributed by atoms with Gasteiger partial charge < -0.3 is 15.8 Å². The molecule has 0 aliphatic carbocycles. The van der Waals surface area contributed by atoms with Crippen LogP contribution in [-0.4, -0.2) is 24.7 Å². The highest BCUT2D eigenvalue weighted by atomic mass is 35.5. The average Bonchev–Trinajstić information content (AvgIpc) is 2.87. The second-order valence-electron chi connectivity index (χ2n) is 5.65. The first-order chi connectivity index (χ1) is 9.51. The normalized spacial score (nSPS) is 22.5. The fourth-order valence-electron chi connectivity index (χ4n) is 2.77. The summed E-state index contributed by atoms with van der Waals surface area (Å²) in [4.78, 5) is 12.2. The SMILES string of the molecule is Cc1ccc(C(C)NC(=O)[C@@H]2CC[C@H](CN)O2)c(C)c1.Cl. The topological polar surface area (TPSA) is 64.4 Å². The predicted molar refractivity (Wildman–Crippen MR) is 86.7 cm³/mol. The van der Waals surface area contributed by atoms with Crippen molar-refractivity contribution in [2.45, 2.75) is 51.9 Å². The number of ether oxygens (including phenoxy) is 1. The molecule has 1 aliphatic heterocycles. The number of hydrogen-bond donors (Lipinski definition) is 2. The van der Waals surface area contributed by atoms with E-state index >= 15 is 0 Å². The molecule has 3 atom stereocenters. The number of hydrogen-bond acceptors (Lipinski definition) is 3. The predicted octanol–water partition coefficient (Wildman–Crippen LogP) is 2.41. The number of nitrogens with one attached hydrogen (secondary N) is 1. The molecule has 0 bridgehead atoms. The Morgan fingerprint density at radius 2 is 2.14 bits per heavy atom. The molecular weight excluding hydrogens is 288 g/mol. The van der Waals surface area contributed by atoms with Crippen LogP contribution in [-0.2, 0) is 9.53 Å². The van der Waals surface area contributed by atoms with E-state index in [2.05, 4.69) is 37.4 Å². The summed E-state index contributed by atoms with van der Waals surface area (Å²) in [6.07, 6.45) is 1.30. The van der Waals surface area contributed by atoms with Gasteiger partial charge in [0, 0.05) is 6.54 Å². The van der Waals surface area contributed by atoms with E-state index in [1.54, 1.807) is 0 Å². The third kappa shape index (κ3) is 4.43. The summed E-state index contributed by atoms with van der Waals surface area (Å²) in [7, 11) is 0. The van der Waals surface area contributed by atoms with Crippen molar-refractivity contribution in [3.8, 4) is 0 Å². The monoisotopic (exact) mass is 312 g/mol. The number of carbonyl (C=O) groups excluding carboxylic acids is 1. The molecule has 1 unspecified atom stereocenters. The molecule has 0 radical (unpaired) electrons. The lowest BCUT2D eigenvalue weighted by atomic mass is 10.00. The third-order valence-electron chi connectivity index (χ3n) is 3.91. The van der Waals surface area contributed by atoms with Gasteiger partial charge in [-0.25, -0.2) is 0 Å².